The number of H-pyrrole nitrogens is 1. The van der Waals surface area contributed by atoms with Gasteiger partial charge in [-0.15, -0.1) is 0 Å². The van der Waals surface area contributed by atoms with Gasteiger partial charge >= 0.3 is 0 Å². The maximum absolute atomic E-state index is 14.3. The molecule has 0 saturated carbocycles. The van der Waals surface area contributed by atoms with E-state index in [4.69, 9.17) is 0 Å². The highest BCUT2D eigenvalue weighted by molar-refractivity contribution is 6.07. The number of carbonyl (C=O) groups is 3. The van der Waals surface area contributed by atoms with Gasteiger partial charge in [0.1, 0.15) is 29.4 Å². The van der Waals surface area contributed by atoms with Crippen LogP contribution in [0.15, 0.2) is 42.5 Å². The molecule has 11 heteroatoms. The highest BCUT2D eigenvalue weighted by atomic mass is 19.1. The lowest BCUT2D eigenvalue weighted by atomic mass is 9.80. The van der Waals surface area contributed by atoms with Crippen LogP contribution < -0.4 is 5.32 Å². The number of aromatic amines is 1. The van der Waals surface area contributed by atoms with Crippen LogP contribution in [0.5, 0.6) is 0 Å². The molecule has 1 aromatic heterocycles. The maximum Gasteiger partial charge on any atom is 0.270 e. The molecule has 2 aliphatic heterocycles. The molecule has 1 spiro atoms. The largest absolute Gasteiger partial charge is 0.390 e. The van der Waals surface area contributed by atoms with Gasteiger partial charge in [0.2, 0.25) is 11.8 Å². The summed E-state index contributed by atoms with van der Waals surface area (Å²) in [6.07, 6.45) is -0.0977. The predicted molar refractivity (Wildman–Crippen MR) is 137 cm³/mol. The number of amides is 3. The predicted octanol–water partition coefficient (Wildman–Crippen LogP) is 3.06. The molecule has 5 rings (SSSR count). The topological polar surface area (TPSA) is 130 Å². The number of hydrogen-bond acceptors (Lipinski definition) is 5. The van der Waals surface area contributed by atoms with Crippen molar-refractivity contribution in [1.29, 1.82) is 5.26 Å². The molecule has 202 valence electrons. The fourth-order valence-electron chi connectivity index (χ4n) is 5.65. The summed E-state index contributed by atoms with van der Waals surface area (Å²) in [5.41, 5.74) is -1.19. The third-order valence-corrected chi connectivity index (χ3v) is 7.56. The molecular formula is C28H27F2N5O4. The standard InChI is InChI=1S/C28H27F2N5O4/c1-27(2,39)12-23(34(3)24(36)22-10-17-19(30)8-15(29)9-21(17)32-22)25(37)35-14-28(11-16(35)13-31)18-6-4-5-7-20(18)33-26(28)38/h4-10,16,23,32,39H,11-12,14H2,1-3H3,(H,33,38)/t16-,23-,28-/m0/s1. The van der Waals surface area contributed by atoms with E-state index in [2.05, 4.69) is 16.4 Å². The second-order valence-corrected chi connectivity index (χ2v) is 10.9. The molecule has 3 N–H and O–H groups in total. The molecule has 0 aliphatic carbocycles. The van der Waals surface area contributed by atoms with Gasteiger partial charge in [-0.1, -0.05) is 18.2 Å². The zero-order valence-corrected chi connectivity index (χ0v) is 21.6. The van der Waals surface area contributed by atoms with Crippen LogP contribution in [-0.4, -0.2) is 68.9 Å². The first-order valence-corrected chi connectivity index (χ1v) is 12.4. The number of carbonyl (C=O) groups excluding carboxylic acids is 3. The van der Waals surface area contributed by atoms with Gasteiger partial charge in [0, 0.05) is 43.6 Å². The van der Waals surface area contributed by atoms with Crippen molar-refractivity contribution in [3.63, 3.8) is 0 Å². The van der Waals surface area contributed by atoms with Crippen LogP contribution in [0.3, 0.4) is 0 Å². The van der Waals surface area contributed by atoms with Crippen molar-refractivity contribution >= 4 is 34.3 Å². The monoisotopic (exact) mass is 535 g/mol. The highest BCUT2D eigenvalue weighted by Crippen LogP contribution is 2.46. The number of hydrogen-bond donors (Lipinski definition) is 3. The molecule has 2 aliphatic rings. The molecule has 1 saturated heterocycles. The van der Waals surface area contributed by atoms with Crippen molar-refractivity contribution in [2.24, 2.45) is 0 Å². The van der Waals surface area contributed by atoms with Crippen molar-refractivity contribution in [3.8, 4) is 6.07 Å². The molecule has 0 unspecified atom stereocenters. The average molecular weight is 536 g/mol. The van der Waals surface area contributed by atoms with E-state index in [1.807, 2.05) is 0 Å². The Morgan fingerprint density at radius 2 is 2.00 bits per heavy atom. The van der Waals surface area contributed by atoms with E-state index in [1.165, 1.54) is 31.9 Å². The first-order valence-electron chi connectivity index (χ1n) is 12.4. The minimum Gasteiger partial charge on any atom is -0.390 e. The Bertz CT molecular complexity index is 1560. The van der Waals surface area contributed by atoms with Gasteiger partial charge in [0.15, 0.2) is 0 Å². The zero-order chi connectivity index (χ0) is 28.3. The fourth-order valence-corrected chi connectivity index (χ4v) is 5.65. The molecular weight excluding hydrogens is 508 g/mol. The third-order valence-electron chi connectivity index (χ3n) is 7.56. The second kappa shape index (κ2) is 9.17. The number of likely N-dealkylation sites (tertiary alicyclic amines) is 1. The fraction of sp³-hybridized carbons (Fsp3) is 0.357. The van der Waals surface area contributed by atoms with Crippen LogP contribution in [0.4, 0.5) is 14.5 Å². The van der Waals surface area contributed by atoms with Gasteiger partial charge in [0.25, 0.3) is 5.91 Å². The van der Waals surface area contributed by atoms with Crippen LogP contribution in [0, 0.1) is 23.0 Å². The number of aromatic nitrogens is 1. The van der Waals surface area contributed by atoms with E-state index < -0.39 is 46.5 Å². The summed E-state index contributed by atoms with van der Waals surface area (Å²) in [4.78, 5) is 45.7. The van der Waals surface area contributed by atoms with Gasteiger partial charge in [-0.2, -0.15) is 5.26 Å². The Hall–Kier alpha value is -4.30. The van der Waals surface area contributed by atoms with E-state index in [-0.39, 0.29) is 41.9 Å². The van der Waals surface area contributed by atoms with Crippen LogP contribution in [0.2, 0.25) is 0 Å². The number of para-hydroxylation sites is 1. The zero-order valence-electron chi connectivity index (χ0n) is 21.6. The van der Waals surface area contributed by atoms with Crippen molar-refractivity contribution in [2.45, 2.75) is 49.8 Å². The maximum atomic E-state index is 14.3. The summed E-state index contributed by atoms with van der Waals surface area (Å²) in [6, 6.07) is 10.0. The number of nitrogens with one attached hydrogen (secondary N) is 2. The van der Waals surface area contributed by atoms with Gasteiger partial charge in [-0.05, 0) is 37.6 Å². The molecule has 39 heavy (non-hydrogen) atoms. The normalized spacial score (nSPS) is 21.1. The van der Waals surface area contributed by atoms with Crippen molar-refractivity contribution in [3.05, 3.63) is 65.4 Å². The summed E-state index contributed by atoms with van der Waals surface area (Å²) in [5, 5.41) is 23.4. The van der Waals surface area contributed by atoms with Gasteiger partial charge in [-0.3, -0.25) is 14.4 Å². The summed E-state index contributed by atoms with van der Waals surface area (Å²) >= 11 is 0. The average Bonchev–Trinajstić information content (AvgIpc) is 3.55. The number of anilines is 1. The van der Waals surface area contributed by atoms with Crippen LogP contribution in [-0.2, 0) is 15.0 Å². The number of halogens is 2. The molecule has 3 amide bonds. The van der Waals surface area contributed by atoms with Crippen molar-refractivity contribution in [2.75, 3.05) is 18.9 Å². The Labute approximate surface area is 223 Å². The van der Waals surface area contributed by atoms with E-state index in [0.29, 0.717) is 17.3 Å². The lowest BCUT2D eigenvalue weighted by Gasteiger charge is -2.35. The summed E-state index contributed by atoms with van der Waals surface area (Å²) < 4.78 is 27.9. The van der Waals surface area contributed by atoms with Gasteiger partial charge in [0.05, 0.1) is 22.6 Å². The first-order chi connectivity index (χ1) is 18.3. The Morgan fingerprint density at radius 3 is 2.69 bits per heavy atom. The molecule has 1 fully saturated rings. The number of fused-ring (bicyclic) bond motifs is 3. The number of rotatable bonds is 5. The van der Waals surface area contributed by atoms with Crippen molar-refractivity contribution in [1.82, 2.24) is 14.8 Å². The van der Waals surface area contributed by atoms with E-state index in [1.54, 1.807) is 24.3 Å². The quantitative estimate of drug-likeness (QED) is 0.463. The molecule has 0 bridgehead atoms. The van der Waals surface area contributed by atoms with Crippen LogP contribution >= 0.6 is 0 Å². The number of aliphatic hydroxyl groups is 1. The minimum absolute atomic E-state index is 0.00968. The van der Waals surface area contributed by atoms with Crippen LogP contribution in [0.1, 0.15) is 42.7 Å². The van der Waals surface area contributed by atoms with E-state index >= 15 is 0 Å². The smallest absolute Gasteiger partial charge is 0.270 e. The van der Waals surface area contributed by atoms with E-state index in [0.717, 1.165) is 11.0 Å². The Kier molecular flexibility index (Phi) is 6.18. The number of nitrogens with zero attached hydrogens (tertiary/aromatic N) is 3. The van der Waals surface area contributed by atoms with Crippen molar-refractivity contribution < 1.29 is 28.3 Å². The SMILES string of the molecule is CN(C(=O)c1cc2c(F)cc(F)cc2[nH]1)[C@@H](CC(C)(C)O)C(=O)N1C[C@]2(C[C@H]1C#N)C(=O)Nc1ccccc12. The lowest BCUT2D eigenvalue weighted by molar-refractivity contribution is -0.138. The number of likely N-dealkylation sites (N-methyl/N-ethyl adjacent to an activating group) is 1. The lowest BCUT2D eigenvalue weighted by Crippen LogP contribution is -2.53. The molecule has 3 atom stereocenters. The third kappa shape index (κ3) is 4.40. The second-order valence-electron chi connectivity index (χ2n) is 10.9. The molecule has 3 aromatic rings. The molecule has 3 heterocycles. The van der Waals surface area contributed by atoms with Gasteiger partial charge < -0.3 is 25.2 Å². The Balaban J connectivity index is 1.49. The number of nitriles is 1. The first kappa shape index (κ1) is 26.3. The summed E-state index contributed by atoms with van der Waals surface area (Å²) in [5.74, 6) is -3.27. The molecule has 2 aromatic carbocycles. The highest BCUT2D eigenvalue weighted by Gasteiger charge is 2.57. The molecule has 0 radical (unpaired) electrons. The minimum atomic E-state index is -1.39. The van der Waals surface area contributed by atoms with Crippen LogP contribution in [0.25, 0.3) is 10.9 Å². The Morgan fingerprint density at radius 1 is 1.28 bits per heavy atom. The van der Waals surface area contributed by atoms with E-state index in [9.17, 15) is 33.5 Å². The number of benzene rings is 2. The van der Waals surface area contributed by atoms with Gasteiger partial charge in [-0.25, -0.2) is 8.78 Å². The molecule has 9 nitrogen and oxygen atoms in total. The summed E-state index contributed by atoms with van der Waals surface area (Å²) in [7, 11) is 1.36. The summed E-state index contributed by atoms with van der Waals surface area (Å²) in [6.45, 7) is 2.90.